The number of nitrogens with zero attached hydrogens (tertiary/aromatic N) is 1. The van der Waals surface area contributed by atoms with Gasteiger partial charge in [0, 0.05) is 16.1 Å². The van der Waals surface area contributed by atoms with E-state index in [1.165, 1.54) is 12.8 Å². The summed E-state index contributed by atoms with van der Waals surface area (Å²) < 4.78 is 0. The minimum absolute atomic E-state index is 0.0901. The second-order valence-electron chi connectivity index (χ2n) is 7.01. The molecule has 0 saturated carbocycles. The molecule has 5 rings (SSSR count). The van der Waals surface area contributed by atoms with Crippen molar-refractivity contribution < 1.29 is 5.11 Å². The lowest BCUT2D eigenvalue weighted by Crippen LogP contribution is -2.58. The molecular weight excluding hydrogens is 341 g/mol. The van der Waals surface area contributed by atoms with Crippen LogP contribution in [-0.2, 0) is 5.60 Å². The van der Waals surface area contributed by atoms with E-state index in [9.17, 15) is 5.11 Å². The van der Waals surface area contributed by atoms with Crippen LogP contribution in [0.25, 0.3) is 0 Å². The van der Waals surface area contributed by atoms with E-state index in [1.807, 2.05) is 48.5 Å². The molecular formula is C20H21Cl2NO. The molecule has 0 unspecified atom stereocenters. The first kappa shape index (κ1) is 16.4. The van der Waals surface area contributed by atoms with E-state index in [4.69, 9.17) is 23.2 Å². The van der Waals surface area contributed by atoms with Crippen molar-refractivity contribution in [2.75, 3.05) is 13.1 Å². The van der Waals surface area contributed by atoms with Crippen LogP contribution in [0.1, 0.15) is 30.4 Å². The second-order valence-corrected chi connectivity index (χ2v) is 7.88. The molecule has 1 N–H and O–H groups in total. The fourth-order valence-electron chi connectivity index (χ4n) is 4.36. The summed E-state index contributed by atoms with van der Waals surface area (Å²) >= 11 is 12.1. The van der Waals surface area contributed by atoms with Crippen LogP contribution in [0, 0.1) is 5.92 Å². The van der Waals surface area contributed by atoms with Gasteiger partial charge in [-0.1, -0.05) is 47.5 Å². The molecule has 2 aromatic carbocycles. The quantitative estimate of drug-likeness (QED) is 0.855. The van der Waals surface area contributed by atoms with Gasteiger partial charge in [0.25, 0.3) is 0 Å². The van der Waals surface area contributed by atoms with E-state index < -0.39 is 5.60 Å². The molecule has 3 aliphatic rings. The number of aliphatic hydroxyl groups is 1. The Balaban J connectivity index is 1.82. The van der Waals surface area contributed by atoms with Gasteiger partial charge in [-0.25, -0.2) is 0 Å². The molecule has 0 radical (unpaired) electrons. The Morgan fingerprint density at radius 3 is 1.67 bits per heavy atom. The molecule has 0 aliphatic carbocycles. The summed E-state index contributed by atoms with van der Waals surface area (Å²) in [6, 6.07) is 15.3. The van der Waals surface area contributed by atoms with Gasteiger partial charge in [0.05, 0.1) is 0 Å². The Morgan fingerprint density at radius 2 is 1.29 bits per heavy atom. The minimum atomic E-state index is -1.05. The lowest BCUT2D eigenvalue weighted by atomic mass is 9.71. The normalized spacial score (nSPS) is 26.5. The summed E-state index contributed by atoms with van der Waals surface area (Å²) in [5, 5.41) is 13.3. The Bertz CT molecular complexity index is 660. The highest BCUT2D eigenvalue weighted by atomic mass is 35.5. The number of halogens is 2. The third kappa shape index (κ3) is 2.76. The predicted molar refractivity (Wildman–Crippen MR) is 98.6 cm³/mol. The second kappa shape index (κ2) is 6.34. The number of fused-ring (bicyclic) bond motifs is 3. The number of hydrogen-bond acceptors (Lipinski definition) is 2. The van der Waals surface area contributed by atoms with Gasteiger partial charge in [0.1, 0.15) is 5.60 Å². The van der Waals surface area contributed by atoms with Gasteiger partial charge in [-0.05, 0) is 73.7 Å². The van der Waals surface area contributed by atoms with Gasteiger partial charge in [-0.15, -0.1) is 0 Å². The average molecular weight is 362 g/mol. The van der Waals surface area contributed by atoms with Crippen LogP contribution in [0.3, 0.4) is 0 Å². The summed E-state index contributed by atoms with van der Waals surface area (Å²) in [7, 11) is 0. The zero-order chi connectivity index (χ0) is 16.7. The van der Waals surface area contributed by atoms with Gasteiger partial charge in [-0.3, -0.25) is 4.90 Å². The lowest BCUT2D eigenvalue weighted by Gasteiger charge is -2.52. The van der Waals surface area contributed by atoms with Crippen molar-refractivity contribution in [3.05, 3.63) is 69.7 Å². The van der Waals surface area contributed by atoms with Crippen molar-refractivity contribution in [3.63, 3.8) is 0 Å². The topological polar surface area (TPSA) is 23.5 Å². The first-order chi connectivity index (χ1) is 11.6. The monoisotopic (exact) mass is 361 g/mol. The van der Waals surface area contributed by atoms with E-state index in [-0.39, 0.29) is 6.04 Å². The van der Waals surface area contributed by atoms with Crippen molar-refractivity contribution in [1.82, 2.24) is 4.90 Å². The third-order valence-corrected chi connectivity index (χ3v) is 6.20. The number of hydrogen-bond donors (Lipinski definition) is 1. The van der Waals surface area contributed by atoms with E-state index in [0.717, 1.165) is 30.6 Å². The largest absolute Gasteiger partial charge is 0.379 e. The third-order valence-electron chi connectivity index (χ3n) is 5.70. The first-order valence-corrected chi connectivity index (χ1v) is 9.31. The molecule has 3 heterocycles. The highest BCUT2D eigenvalue weighted by molar-refractivity contribution is 6.30. The summed E-state index contributed by atoms with van der Waals surface area (Å²) in [4.78, 5) is 2.45. The van der Waals surface area contributed by atoms with Crippen LogP contribution in [0.2, 0.25) is 10.0 Å². The van der Waals surface area contributed by atoms with Gasteiger partial charge in [-0.2, -0.15) is 0 Å². The van der Waals surface area contributed by atoms with Crippen molar-refractivity contribution in [2.45, 2.75) is 30.9 Å². The fourth-order valence-corrected chi connectivity index (χ4v) is 4.61. The van der Waals surface area contributed by atoms with Crippen molar-refractivity contribution in [2.24, 2.45) is 5.92 Å². The first-order valence-electron chi connectivity index (χ1n) is 8.56. The standard InChI is InChI=1S/C20H21Cl2NO/c21-17-5-1-15(2-6-17)20(24,16-3-7-18(22)8-4-16)19-13-14-9-11-23(19)12-10-14/h1-8,14,19,24H,9-13H2/t19-/m0/s1. The summed E-state index contributed by atoms with van der Waals surface area (Å²) in [6.07, 6.45) is 3.52. The van der Waals surface area contributed by atoms with Gasteiger partial charge in [0.15, 0.2) is 0 Å². The summed E-state index contributed by atoms with van der Waals surface area (Å²) in [5.41, 5.74) is 0.743. The van der Waals surface area contributed by atoms with Crippen molar-refractivity contribution in [1.29, 1.82) is 0 Å². The molecule has 0 spiro atoms. The van der Waals surface area contributed by atoms with E-state index in [0.29, 0.717) is 16.0 Å². The van der Waals surface area contributed by atoms with Crippen LogP contribution in [-0.4, -0.2) is 29.1 Å². The minimum Gasteiger partial charge on any atom is -0.379 e. The van der Waals surface area contributed by atoms with Gasteiger partial charge < -0.3 is 5.11 Å². The molecule has 3 fully saturated rings. The van der Waals surface area contributed by atoms with E-state index >= 15 is 0 Å². The van der Waals surface area contributed by atoms with Gasteiger partial charge in [0.2, 0.25) is 0 Å². The van der Waals surface area contributed by atoms with Crippen molar-refractivity contribution >= 4 is 23.2 Å². The molecule has 2 bridgehead atoms. The molecule has 3 aliphatic heterocycles. The zero-order valence-corrected chi connectivity index (χ0v) is 15.0. The Hall–Kier alpha value is -1.06. The Morgan fingerprint density at radius 1 is 0.833 bits per heavy atom. The molecule has 0 amide bonds. The SMILES string of the molecule is OC(c1ccc(Cl)cc1)(c1ccc(Cl)cc1)[C@@H]1CC2CCN1CC2. The molecule has 24 heavy (non-hydrogen) atoms. The maximum Gasteiger partial charge on any atom is 0.130 e. The number of benzene rings is 2. The molecule has 126 valence electrons. The van der Waals surface area contributed by atoms with Gasteiger partial charge >= 0.3 is 0 Å². The highest BCUT2D eigenvalue weighted by Gasteiger charge is 2.48. The van der Waals surface area contributed by atoms with Crippen molar-refractivity contribution in [3.8, 4) is 0 Å². The Labute approximate surface area is 153 Å². The molecule has 3 saturated heterocycles. The molecule has 4 heteroatoms. The smallest absolute Gasteiger partial charge is 0.130 e. The molecule has 0 aromatic heterocycles. The molecule has 1 atom stereocenters. The van der Waals surface area contributed by atoms with E-state index in [2.05, 4.69) is 4.90 Å². The Kier molecular flexibility index (Phi) is 4.34. The average Bonchev–Trinajstić information content (AvgIpc) is 2.63. The van der Waals surface area contributed by atoms with Crippen LogP contribution in [0.15, 0.2) is 48.5 Å². The lowest BCUT2D eigenvalue weighted by molar-refractivity contribution is -0.0746. The predicted octanol–water partition coefficient (Wildman–Crippen LogP) is 4.71. The summed E-state index contributed by atoms with van der Waals surface area (Å²) in [6.45, 7) is 2.14. The van der Waals surface area contributed by atoms with Crippen LogP contribution in [0.4, 0.5) is 0 Å². The summed E-state index contributed by atoms with van der Waals surface area (Å²) in [5.74, 6) is 0.714. The molecule has 2 nitrogen and oxygen atoms in total. The number of piperidine rings is 3. The van der Waals surface area contributed by atoms with Crippen LogP contribution in [0.5, 0.6) is 0 Å². The highest BCUT2D eigenvalue weighted by Crippen LogP contribution is 2.44. The molecule has 2 aromatic rings. The fraction of sp³-hybridized carbons (Fsp3) is 0.400. The van der Waals surface area contributed by atoms with Crippen LogP contribution >= 0.6 is 23.2 Å². The van der Waals surface area contributed by atoms with E-state index in [1.54, 1.807) is 0 Å². The number of rotatable bonds is 3. The zero-order valence-electron chi connectivity index (χ0n) is 13.5. The maximum atomic E-state index is 12.0. The van der Waals surface area contributed by atoms with Crippen LogP contribution < -0.4 is 0 Å². The maximum absolute atomic E-state index is 12.0.